The lowest BCUT2D eigenvalue weighted by molar-refractivity contribution is 0.0681. The lowest BCUT2D eigenvalue weighted by Crippen LogP contribution is -2.16. The maximum absolute atomic E-state index is 9.36. The zero-order chi connectivity index (χ0) is 10.7. The average Bonchev–Trinajstić information content (AvgIpc) is 2.73. The molecule has 1 fully saturated rings. The van der Waals surface area contributed by atoms with E-state index in [-0.39, 0.29) is 17.5 Å². The lowest BCUT2D eigenvalue weighted by atomic mass is 10.2. The summed E-state index contributed by atoms with van der Waals surface area (Å²) in [5, 5.41) is 9.36. The van der Waals surface area contributed by atoms with Gasteiger partial charge in [0.1, 0.15) is 23.8 Å². The van der Waals surface area contributed by atoms with Crippen LogP contribution in [-0.4, -0.2) is 24.4 Å². The number of ether oxygens (including phenoxy) is 2. The van der Waals surface area contributed by atoms with Crippen LogP contribution in [0.25, 0.3) is 0 Å². The van der Waals surface area contributed by atoms with Crippen LogP contribution >= 0.6 is 0 Å². The van der Waals surface area contributed by atoms with Crippen molar-refractivity contribution in [2.24, 2.45) is 0 Å². The monoisotopic (exact) mass is 209 g/mol. The van der Waals surface area contributed by atoms with E-state index >= 15 is 0 Å². The summed E-state index contributed by atoms with van der Waals surface area (Å²) in [5.74, 6) is 0.574. The molecule has 1 aliphatic heterocycles. The van der Waals surface area contributed by atoms with E-state index in [0.717, 1.165) is 19.4 Å². The van der Waals surface area contributed by atoms with E-state index in [1.165, 1.54) is 6.07 Å². The predicted octanol–water partition coefficient (Wildman–Crippen LogP) is 1.53. The van der Waals surface area contributed by atoms with Crippen LogP contribution in [0.3, 0.4) is 0 Å². The number of nitrogen functional groups attached to an aromatic ring is 1. The van der Waals surface area contributed by atoms with Gasteiger partial charge < -0.3 is 20.3 Å². The van der Waals surface area contributed by atoms with Gasteiger partial charge in [-0.2, -0.15) is 0 Å². The van der Waals surface area contributed by atoms with E-state index in [4.69, 9.17) is 15.2 Å². The van der Waals surface area contributed by atoms with Crippen LogP contribution < -0.4 is 10.5 Å². The first-order valence-corrected chi connectivity index (χ1v) is 5.09. The number of nitrogens with two attached hydrogens (primary N) is 1. The Morgan fingerprint density at radius 3 is 3.13 bits per heavy atom. The molecule has 0 amide bonds. The number of anilines is 1. The van der Waals surface area contributed by atoms with Crippen LogP contribution in [-0.2, 0) is 4.74 Å². The van der Waals surface area contributed by atoms with Gasteiger partial charge in [-0.05, 0) is 25.0 Å². The summed E-state index contributed by atoms with van der Waals surface area (Å²) in [6, 6.07) is 4.98. The van der Waals surface area contributed by atoms with E-state index in [2.05, 4.69) is 0 Å². The number of phenolic OH excluding ortho intramolecular Hbond substituents is 1. The Labute approximate surface area is 88.6 Å². The fourth-order valence-electron chi connectivity index (χ4n) is 1.62. The fourth-order valence-corrected chi connectivity index (χ4v) is 1.62. The Bertz CT molecular complexity index is 335. The largest absolute Gasteiger partial charge is 0.506 e. The lowest BCUT2D eigenvalue weighted by Gasteiger charge is -2.13. The molecule has 1 aromatic rings. The summed E-state index contributed by atoms with van der Waals surface area (Å²) in [6.45, 7) is 1.30. The molecule has 0 aliphatic carbocycles. The predicted molar refractivity (Wildman–Crippen MR) is 57.0 cm³/mol. The molecule has 3 N–H and O–H groups in total. The molecule has 1 heterocycles. The topological polar surface area (TPSA) is 64.7 Å². The number of rotatable bonds is 3. The number of para-hydroxylation sites is 1. The highest BCUT2D eigenvalue weighted by molar-refractivity contribution is 5.61. The molecule has 0 spiro atoms. The van der Waals surface area contributed by atoms with Gasteiger partial charge in [0.2, 0.25) is 0 Å². The highest BCUT2D eigenvalue weighted by atomic mass is 16.5. The van der Waals surface area contributed by atoms with Crippen LogP contribution in [0.2, 0.25) is 0 Å². The first-order valence-electron chi connectivity index (χ1n) is 5.09. The van der Waals surface area contributed by atoms with Crippen LogP contribution in [0, 0.1) is 0 Å². The molecule has 82 valence electrons. The van der Waals surface area contributed by atoms with Gasteiger partial charge >= 0.3 is 0 Å². The Morgan fingerprint density at radius 2 is 2.40 bits per heavy atom. The first kappa shape index (κ1) is 10.1. The van der Waals surface area contributed by atoms with Gasteiger partial charge in [-0.1, -0.05) is 6.07 Å². The number of hydrogen-bond donors (Lipinski definition) is 2. The van der Waals surface area contributed by atoms with E-state index in [0.29, 0.717) is 12.4 Å². The molecule has 4 nitrogen and oxygen atoms in total. The Balaban J connectivity index is 1.95. The normalized spacial score (nSPS) is 20.4. The van der Waals surface area contributed by atoms with E-state index in [1.807, 2.05) is 0 Å². The molecule has 2 rings (SSSR count). The summed E-state index contributed by atoms with van der Waals surface area (Å²) in [7, 11) is 0. The summed E-state index contributed by atoms with van der Waals surface area (Å²) in [6.07, 6.45) is 2.27. The maximum atomic E-state index is 9.36. The summed E-state index contributed by atoms with van der Waals surface area (Å²) >= 11 is 0. The van der Waals surface area contributed by atoms with Crippen molar-refractivity contribution in [1.29, 1.82) is 0 Å². The van der Waals surface area contributed by atoms with Gasteiger partial charge in [-0.15, -0.1) is 0 Å². The molecule has 15 heavy (non-hydrogen) atoms. The van der Waals surface area contributed by atoms with Crippen molar-refractivity contribution >= 4 is 5.69 Å². The van der Waals surface area contributed by atoms with Crippen molar-refractivity contribution < 1.29 is 14.6 Å². The second-order valence-corrected chi connectivity index (χ2v) is 3.63. The highest BCUT2D eigenvalue weighted by Gasteiger charge is 2.16. The molecule has 1 saturated heterocycles. The minimum atomic E-state index is 0.0554. The molecular formula is C11H15NO3. The van der Waals surface area contributed by atoms with E-state index in [1.54, 1.807) is 12.1 Å². The molecule has 1 unspecified atom stereocenters. The van der Waals surface area contributed by atoms with Crippen LogP contribution in [0.4, 0.5) is 5.69 Å². The standard InChI is InChI=1S/C11H15NO3/c12-11-9(13)4-1-5-10(11)15-7-8-3-2-6-14-8/h1,4-5,8,13H,2-3,6-7,12H2. The highest BCUT2D eigenvalue weighted by Crippen LogP contribution is 2.30. The molecule has 4 heteroatoms. The zero-order valence-corrected chi connectivity index (χ0v) is 8.48. The van der Waals surface area contributed by atoms with Gasteiger partial charge in [0.05, 0.1) is 6.10 Å². The summed E-state index contributed by atoms with van der Waals surface area (Å²) < 4.78 is 10.9. The molecule has 0 aromatic heterocycles. The van der Waals surface area contributed by atoms with Crippen molar-refractivity contribution in [3.8, 4) is 11.5 Å². The fraction of sp³-hybridized carbons (Fsp3) is 0.455. The number of phenols is 1. The first-order chi connectivity index (χ1) is 7.27. The van der Waals surface area contributed by atoms with Crippen molar-refractivity contribution in [2.75, 3.05) is 18.9 Å². The molecular weight excluding hydrogens is 194 g/mol. The van der Waals surface area contributed by atoms with Gasteiger partial charge in [-0.25, -0.2) is 0 Å². The van der Waals surface area contributed by atoms with Gasteiger partial charge in [0, 0.05) is 6.61 Å². The molecule has 1 aromatic carbocycles. The molecule has 1 aliphatic rings. The van der Waals surface area contributed by atoms with Crippen molar-refractivity contribution in [3.63, 3.8) is 0 Å². The van der Waals surface area contributed by atoms with Crippen LogP contribution in [0.1, 0.15) is 12.8 Å². The number of benzene rings is 1. The van der Waals surface area contributed by atoms with Gasteiger partial charge in [-0.3, -0.25) is 0 Å². The van der Waals surface area contributed by atoms with E-state index < -0.39 is 0 Å². The average molecular weight is 209 g/mol. The van der Waals surface area contributed by atoms with Crippen molar-refractivity contribution in [1.82, 2.24) is 0 Å². The molecule has 0 bridgehead atoms. The van der Waals surface area contributed by atoms with Crippen LogP contribution in [0.15, 0.2) is 18.2 Å². The molecule has 0 saturated carbocycles. The van der Waals surface area contributed by atoms with Crippen molar-refractivity contribution in [3.05, 3.63) is 18.2 Å². The second kappa shape index (κ2) is 4.40. The maximum Gasteiger partial charge on any atom is 0.146 e. The summed E-state index contributed by atoms with van der Waals surface area (Å²) in [5.41, 5.74) is 5.94. The van der Waals surface area contributed by atoms with Crippen LogP contribution in [0.5, 0.6) is 11.5 Å². The molecule has 1 atom stereocenters. The minimum absolute atomic E-state index is 0.0554. The smallest absolute Gasteiger partial charge is 0.146 e. The Morgan fingerprint density at radius 1 is 1.53 bits per heavy atom. The third kappa shape index (κ3) is 2.33. The quantitative estimate of drug-likeness (QED) is 0.585. The third-order valence-electron chi connectivity index (χ3n) is 2.49. The third-order valence-corrected chi connectivity index (χ3v) is 2.49. The summed E-state index contributed by atoms with van der Waals surface area (Å²) in [4.78, 5) is 0. The van der Waals surface area contributed by atoms with Gasteiger partial charge in [0.25, 0.3) is 0 Å². The minimum Gasteiger partial charge on any atom is -0.506 e. The number of aromatic hydroxyl groups is 1. The number of hydrogen-bond acceptors (Lipinski definition) is 4. The molecule has 0 radical (unpaired) electrons. The Hall–Kier alpha value is -1.42. The Kier molecular flexibility index (Phi) is 2.97. The van der Waals surface area contributed by atoms with Crippen molar-refractivity contribution in [2.45, 2.75) is 18.9 Å². The van der Waals surface area contributed by atoms with Gasteiger partial charge in [0.15, 0.2) is 0 Å². The van der Waals surface area contributed by atoms with E-state index in [9.17, 15) is 5.11 Å². The SMILES string of the molecule is Nc1c(O)cccc1OCC1CCCO1. The zero-order valence-electron chi connectivity index (χ0n) is 8.48. The second-order valence-electron chi connectivity index (χ2n) is 3.63.